The van der Waals surface area contributed by atoms with Gasteiger partial charge in [-0.05, 0) is 12.5 Å². The standard InChI is InChI=1S/C14H14F3NO3/c1-2-7-6-18(4-3-10(7)19)14(21)8-5-9(15)12(17)13(20)11(8)16/h5,7,20H,2-4,6H2,1H3. The Morgan fingerprint density at radius 1 is 1.38 bits per heavy atom. The zero-order valence-electron chi connectivity index (χ0n) is 11.3. The lowest BCUT2D eigenvalue weighted by Crippen LogP contribution is -2.44. The molecule has 0 aliphatic carbocycles. The first kappa shape index (κ1) is 15.3. The van der Waals surface area contributed by atoms with Gasteiger partial charge in [-0.15, -0.1) is 0 Å². The number of rotatable bonds is 2. The zero-order valence-corrected chi connectivity index (χ0v) is 11.3. The first-order valence-electron chi connectivity index (χ1n) is 6.55. The van der Waals surface area contributed by atoms with E-state index in [1.807, 2.05) is 0 Å². The Kier molecular flexibility index (Phi) is 4.20. The number of benzene rings is 1. The lowest BCUT2D eigenvalue weighted by atomic mass is 9.93. The van der Waals surface area contributed by atoms with E-state index < -0.39 is 34.7 Å². The van der Waals surface area contributed by atoms with Crippen molar-refractivity contribution in [2.24, 2.45) is 5.92 Å². The number of carbonyl (C=O) groups is 2. The van der Waals surface area contributed by atoms with Gasteiger partial charge in [0.1, 0.15) is 5.78 Å². The van der Waals surface area contributed by atoms with E-state index in [2.05, 4.69) is 0 Å². The number of hydrogen-bond donors (Lipinski definition) is 1. The fourth-order valence-corrected chi connectivity index (χ4v) is 2.37. The van der Waals surface area contributed by atoms with E-state index in [-0.39, 0.29) is 31.2 Å². The van der Waals surface area contributed by atoms with Crippen LogP contribution < -0.4 is 0 Å². The molecule has 2 rings (SSSR count). The highest BCUT2D eigenvalue weighted by Crippen LogP contribution is 2.27. The normalized spacial score (nSPS) is 19.0. The van der Waals surface area contributed by atoms with Crippen LogP contribution in [0.5, 0.6) is 5.75 Å². The van der Waals surface area contributed by atoms with Crippen LogP contribution in [-0.2, 0) is 4.79 Å². The first-order chi connectivity index (χ1) is 9.86. The number of ketones is 1. The van der Waals surface area contributed by atoms with Crippen LogP contribution in [0.3, 0.4) is 0 Å². The van der Waals surface area contributed by atoms with Crippen LogP contribution in [0.15, 0.2) is 6.07 Å². The zero-order chi connectivity index (χ0) is 15.7. The third-order valence-corrected chi connectivity index (χ3v) is 3.67. The van der Waals surface area contributed by atoms with Crippen LogP contribution in [0.4, 0.5) is 13.2 Å². The summed E-state index contributed by atoms with van der Waals surface area (Å²) in [5.74, 6) is -7.43. The van der Waals surface area contributed by atoms with Gasteiger partial charge >= 0.3 is 0 Å². The minimum Gasteiger partial charge on any atom is -0.503 e. The number of phenols is 1. The van der Waals surface area contributed by atoms with E-state index in [0.717, 1.165) is 0 Å². The molecule has 0 bridgehead atoms. The summed E-state index contributed by atoms with van der Waals surface area (Å²) < 4.78 is 40.0. The lowest BCUT2D eigenvalue weighted by Gasteiger charge is -2.31. The lowest BCUT2D eigenvalue weighted by molar-refractivity contribution is -0.125. The number of amides is 1. The quantitative estimate of drug-likeness (QED) is 0.852. The number of halogens is 3. The van der Waals surface area contributed by atoms with Gasteiger partial charge in [-0.3, -0.25) is 9.59 Å². The van der Waals surface area contributed by atoms with Crippen molar-refractivity contribution in [2.75, 3.05) is 13.1 Å². The molecule has 1 aliphatic heterocycles. The summed E-state index contributed by atoms with van der Waals surface area (Å²) in [5.41, 5.74) is -0.740. The smallest absolute Gasteiger partial charge is 0.257 e. The van der Waals surface area contributed by atoms with Crippen molar-refractivity contribution in [3.05, 3.63) is 29.1 Å². The molecule has 0 radical (unpaired) electrons. The van der Waals surface area contributed by atoms with Gasteiger partial charge in [0.25, 0.3) is 5.91 Å². The summed E-state index contributed by atoms with van der Waals surface area (Å²) in [4.78, 5) is 25.0. The van der Waals surface area contributed by atoms with Crippen molar-refractivity contribution >= 4 is 11.7 Å². The molecular weight excluding hydrogens is 287 g/mol. The van der Waals surface area contributed by atoms with Gasteiger partial charge in [-0.2, -0.15) is 4.39 Å². The van der Waals surface area contributed by atoms with E-state index in [0.29, 0.717) is 12.5 Å². The van der Waals surface area contributed by atoms with E-state index in [4.69, 9.17) is 5.11 Å². The van der Waals surface area contributed by atoms with Gasteiger partial charge in [0.15, 0.2) is 17.4 Å². The topological polar surface area (TPSA) is 57.6 Å². The Labute approximate surface area is 119 Å². The van der Waals surface area contributed by atoms with Gasteiger partial charge in [0.05, 0.1) is 5.56 Å². The summed E-state index contributed by atoms with van der Waals surface area (Å²) in [7, 11) is 0. The maximum Gasteiger partial charge on any atom is 0.257 e. The molecule has 21 heavy (non-hydrogen) atoms. The van der Waals surface area contributed by atoms with Crippen LogP contribution in [0.25, 0.3) is 0 Å². The molecule has 114 valence electrons. The number of aromatic hydroxyl groups is 1. The molecule has 1 aromatic rings. The van der Waals surface area contributed by atoms with Crippen LogP contribution in [0, 0.1) is 23.4 Å². The highest BCUT2D eigenvalue weighted by atomic mass is 19.2. The molecule has 1 aliphatic rings. The van der Waals surface area contributed by atoms with Crippen molar-refractivity contribution in [2.45, 2.75) is 19.8 Å². The van der Waals surface area contributed by atoms with Gasteiger partial charge in [-0.1, -0.05) is 6.92 Å². The molecular formula is C14H14F3NO3. The number of phenolic OH excluding ortho intramolecular Hbond substituents is 1. The average molecular weight is 301 g/mol. The highest BCUT2D eigenvalue weighted by molar-refractivity contribution is 5.96. The predicted molar refractivity (Wildman–Crippen MR) is 67.3 cm³/mol. The van der Waals surface area contributed by atoms with Crippen molar-refractivity contribution in [3.63, 3.8) is 0 Å². The van der Waals surface area contributed by atoms with Crippen LogP contribution >= 0.6 is 0 Å². The summed E-state index contributed by atoms with van der Waals surface area (Å²) in [6.07, 6.45) is 0.676. The number of piperidine rings is 1. The highest BCUT2D eigenvalue weighted by Gasteiger charge is 2.31. The van der Waals surface area contributed by atoms with Gasteiger partial charge in [0, 0.05) is 25.4 Å². The van der Waals surface area contributed by atoms with E-state index in [1.54, 1.807) is 6.92 Å². The molecule has 1 saturated heterocycles. The fourth-order valence-electron chi connectivity index (χ4n) is 2.37. The first-order valence-corrected chi connectivity index (χ1v) is 6.55. The van der Waals surface area contributed by atoms with Crippen LogP contribution in [0.1, 0.15) is 30.1 Å². The number of hydrogen-bond acceptors (Lipinski definition) is 3. The number of nitrogens with zero attached hydrogens (tertiary/aromatic N) is 1. The van der Waals surface area contributed by atoms with Crippen molar-refractivity contribution < 1.29 is 27.9 Å². The van der Waals surface area contributed by atoms with Crippen molar-refractivity contribution in [3.8, 4) is 5.75 Å². The molecule has 1 fully saturated rings. The molecule has 1 aromatic carbocycles. The molecule has 0 aromatic heterocycles. The second-order valence-corrected chi connectivity index (χ2v) is 4.96. The van der Waals surface area contributed by atoms with Crippen LogP contribution in [0.2, 0.25) is 0 Å². The Morgan fingerprint density at radius 2 is 2.05 bits per heavy atom. The molecule has 1 heterocycles. The maximum absolute atomic E-state index is 13.7. The Balaban J connectivity index is 2.31. The second-order valence-electron chi connectivity index (χ2n) is 4.96. The van der Waals surface area contributed by atoms with E-state index in [1.165, 1.54) is 4.90 Å². The van der Waals surface area contributed by atoms with Crippen molar-refractivity contribution in [1.82, 2.24) is 4.90 Å². The van der Waals surface area contributed by atoms with Gasteiger partial charge in [0.2, 0.25) is 5.82 Å². The number of carbonyl (C=O) groups excluding carboxylic acids is 2. The van der Waals surface area contributed by atoms with Crippen LogP contribution in [-0.4, -0.2) is 34.8 Å². The number of likely N-dealkylation sites (tertiary alicyclic amines) is 1. The molecule has 4 nitrogen and oxygen atoms in total. The monoisotopic (exact) mass is 301 g/mol. The minimum absolute atomic E-state index is 0.0233. The summed E-state index contributed by atoms with van der Waals surface area (Å²) >= 11 is 0. The second kappa shape index (κ2) is 5.75. The maximum atomic E-state index is 13.7. The SMILES string of the molecule is CCC1CN(C(=O)c2cc(F)c(F)c(O)c2F)CCC1=O. The molecule has 1 N–H and O–H groups in total. The van der Waals surface area contributed by atoms with Gasteiger partial charge in [-0.25, -0.2) is 8.78 Å². The minimum atomic E-state index is -1.73. The summed E-state index contributed by atoms with van der Waals surface area (Å²) in [6.45, 7) is 1.99. The Morgan fingerprint density at radius 3 is 2.67 bits per heavy atom. The summed E-state index contributed by atoms with van der Waals surface area (Å²) in [5, 5.41) is 9.14. The van der Waals surface area contributed by atoms with E-state index >= 15 is 0 Å². The third-order valence-electron chi connectivity index (χ3n) is 3.67. The largest absolute Gasteiger partial charge is 0.503 e. The molecule has 7 heteroatoms. The van der Waals surface area contributed by atoms with Gasteiger partial charge < -0.3 is 10.0 Å². The molecule has 1 unspecified atom stereocenters. The summed E-state index contributed by atoms with van der Waals surface area (Å²) in [6, 6.07) is 0.421. The molecule has 0 spiro atoms. The van der Waals surface area contributed by atoms with Crippen molar-refractivity contribution in [1.29, 1.82) is 0 Å². The number of Topliss-reactive ketones (excluding diaryl/α,β-unsaturated/α-hetero) is 1. The average Bonchev–Trinajstić information content (AvgIpc) is 2.48. The molecule has 0 saturated carbocycles. The third kappa shape index (κ3) is 2.72. The predicted octanol–water partition coefficient (Wildman–Crippen LogP) is 2.25. The Bertz CT molecular complexity index is 604. The fraction of sp³-hybridized carbons (Fsp3) is 0.429. The molecule has 1 amide bonds. The molecule has 1 atom stereocenters. The van der Waals surface area contributed by atoms with E-state index in [9.17, 15) is 22.8 Å². The Hall–Kier alpha value is -2.05.